The van der Waals surface area contributed by atoms with Crippen LogP contribution in [0.4, 0.5) is 0 Å². The Morgan fingerprint density at radius 1 is 0.824 bits per heavy atom. The highest BCUT2D eigenvalue weighted by Crippen LogP contribution is 2.07. The van der Waals surface area contributed by atoms with Crippen LogP contribution in [0.25, 0.3) is 0 Å². The van der Waals surface area contributed by atoms with Crippen LogP contribution in [-0.2, 0) is 0 Å². The maximum absolute atomic E-state index is 10.5. The standard InChI is InChI=1S/C8H6O4.C4H4S/c9-7(10)5-3-1-2-4-6(5)8(11)12;1-2-4-5-3-1/h1-4H,(H,9,10)(H,11,12);1-4H. The normalized spacial score (nSPS) is 8.94. The van der Waals surface area contributed by atoms with Gasteiger partial charge in [-0.1, -0.05) is 24.3 Å². The molecule has 0 aliphatic heterocycles. The number of carboxylic acid groups (broad SMARTS) is 2. The van der Waals surface area contributed by atoms with Crippen molar-refractivity contribution in [1.82, 2.24) is 0 Å². The molecule has 0 fully saturated rings. The van der Waals surface area contributed by atoms with Gasteiger partial charge < -0.3 is 10.2 Å². The zero-order valence-corrected chi connectivity index (χ0v) is 9.55. The summed E-state index contributed by atoms with van der Waals surface area (Å²) in [5.41, 5.74) is -0.380. The van der Waals surface area contributed by atoms with Crippen molar-refractivity contribution in [1.29, 1.82) is 0 Å². The van der Waals surface area contributed by atoms with Crippen molar-refractivity contribution in [3.8, 4) is 0 Å². The number of hydrogen-bond acceptors (Lipinski definition) is 3. The third-order valence-electron chi connectivity index (χ3n) is 1.81. The molecule has 0 amide bonds. The maximum atomic E-state index is 10.5. The number of aromatic carboxylic acids is 2. The minimum Gasteiger partial charge on any atom is -0.478 e. The largest absolute Gasteiger partial charge is 0.478 e. The van der Waals surface area contributed by atoms with Crippen LogP contribution in [0, 0.1) is 0 Å². The van der Waals surface area contributed by atoms with Crippen LogP contribution in [-0.4, -0.2) is 22.2 Å². The Balaban J connectivity index is 0.000000239. The van der Waals surface area contributed by atoms with Gasteiger partial charge in [0, 0.05) is 0 Å². The van der Waals surface area contributed by atoms with E-state index >= 15 is 0 Å². The fraction of sp³-hybridized carbons (Fsp3) is 0. The van der Waals surface area contributed by atoms with E-state index in [-0.39, 0.29) is 11.1 Å². The molecule has 2 rings (SSSR count). The minimum absolute atomic E-state index is 0.190. The minimum atomic E-state index is -1.23. The maximum Gasteiger partial charge on any atom is 0.336 e. The quantitative estimate of drug-likeness (QED) is 0.859. The third-order valence-corrected chi connectivity index (χ3v) is 2.44. The predicted molar refractivity (Wildman–Crippen MR) is 64.7 cm³/mol. The Bertz CT molecular complexity index is 441. The Morgan fingerprint density at radius 3 is 1.47 bits per heavy atom. The van der Waals surface area contributed by atoms with Crippen LogP contribution < -0.4 is 0 Å². The molecule has 1 aromatic heterocycles. The van der Waals surface area contributed by atoms with Crippen LogP contribution in [0.5, 0.6) is 0 Å². The molecule has 0 unspecified atom stereocenters. The summed E-state index contributed by atoms with van der Waals surface area (Å²) in [5, 5.41) is 21.2. The first kappa shape index (κ1) is 12.9. The van der Waals surface area contributed by atoms with Gasteiger partial charge in [-0.05, 0) is 22.9 Å². The van der Waals surface area contributed by atoms with Gasteiger partial charge in [-0.2, -0.15) is 11.3 Å². The molecular formula is C12H10O4S. The Hall–Kier alpha value is -2.14. The predicted octanol–water partition coefficient (Wildman–Crippen LogP) is 2.83. The highest BCUT2D eigenvalue weighted by atomic mass is 32.1. The van der Waals surface area contributed by atoms with Crippen LogP contribution in [0.15, 0.2) is 47.2 Å². The molecule has 0 saturated carbocycles. The van der Waals surface area contributed by atoms with Gasteiger partial charge >= 0.3 is 11.9 Å². The molecule has 2 N–H and O–H groups in total. The monoisotopic (exact) mass is 250 g/mol. The molecule has 0 spiro atoms. The van der Waals surface area contributed by atoms with Gasteiger partial charge in [0.05, 0.1) is 11.1 Å². The van der Waals surface area contributed by atoms with Gasteiger partial charge in [0.1, 0.15) is 0 Å². The Morgan fingerprint density at radius 2 is 1.24 bits per heavy atom. The van der Waals surface area contributed by atoms with Crippen LogP contribution in [0.3, 0.4) is 0 Å². The van der Waals surface area contributed by atoms with Gasteiger partial charge in [-0.3, -0.25) is 0 Å². The van der Waals surface area contributed by atoms with Crippen molar-refractivity contribution in [2.45, 2.75) is 0 Å². The summed E-state index contributed by atoms with van der Waals surface area (Å²) in [6, 6.07) is 9.51. The van der Waals surface area contributed by atoms with Gasteiger partial charge in [0.2, 0.25) is 0 Å². The fourth-order valence-corrected chi connectivity index (χ4v) is 1.54. The van der Waals surface area contributed by atoms with E-state index < -0.39 is 11.9 Å². The van der Waals surface area contributed by atoms with E-state index in [1.165, 1.54) is 24.3 Å². The number of thiophene rings is 1. The first-order valence-corrected chi connectivity index (χ1v) is 5.60. The van der Waals surface area contributed by atoms with Crippen molar-refractivity contribution in [2.75, 3.05) is 0 Å². The van der Waals surface area contributed by atoms with E-state index in [4.69, 9.17) is 10.2 Å². The first-order valence-electron chi connectivity index (χ1n) is 4.65. The molecular weight excluding hydrogens is 240 g/mol. The number of rotatable bonds is 2. The first-order chi connectivity index (χ1) is 8.13. The second-order valence-corrected chi connectivity index (χ2v) is 3.77. The van der Waals surface area contributed by atoms with E-state index in [1.807, 2.05) is 22.9 Å². The molecule has 0 saturated heterocycles. The molecule has 0 aliphatic carbocycles. The van der Waals surface area contributed by atoms with Crippen molar-refractivity contribution < 1.29 is 19.8 Å². The summed E-state index contributed by atoms with van der Waals surface area (Å²) < 4.78 is 0. The lowest BCUT2D eigenvalue weighted by Crippen LogP contribution is -2.06. The van der Waals surface area contributed by atoms with Crippen molar-refractivity contribution in [3.63, 3.8) is 0 Å². The van der Waals surface area contributed by atoms with Gasteiger partial charge in [-0.15, -0.1) is 0 Å². The van der Waals surface area contributed by atoms with Crippen LogP contribution in [0.1, 0.15) is 20.7 Å². The molecule has 2 aromatic rings. The van der Waals surface area contributed by atoms with Crippen LogP contribution >= 0.6 is 11.3 Å². The summed E-state index contributed by atoms with van der Waals surface area (Å²) in [6.45, 7) is 0. The summed E-state index contributed by atoms with van der Waals surface area (Å²) in [4.78, 5) is 20.9. The molecule has 88 valence electrons. The fourth-order valence-electron chi connectivity index (χ4n) is 1.08. The average Bonchev–Trinajstić information content (AvgIpc) is 2.87. The average molecular weight is 250 g/mol. The van der Waals surface area contributed by atoms with Gasteiger partial charge in [0.15, 0.2) is 0 Å². The zero-order chi connectivity index (χ0) is 12.7. The summed E-state index contributed by atoms with van der Waals surface area (Å²) in [5.74, 6) is -2.46. The zero-order valence-electron chi connectivity index (χ0n) is 8.74. The van der Waals surface area contributed by atoms with E-state index in [2.05, 4.69) is 0 Å². The lowest BCUT2D eigenvalue weighted by Gasteiger charge is -1.98. The summed E-state index contributed by atoms with van der Waals surface area (Å²) in [7, 11) is 0. The molecule has 4 nitrogen and oxygen atoms in total. The molecule has 0 radical (unpaired) electrons. The van der Waals surface area contributed by atoms with Crippen molar-refractivity contribution in [3.05, 3.63) is 58.3 Å². The molecule has 1 aromatic carbocycles. The van der Waals surface area contributed by atoms with Crippen molar-refractivity contribution in [2.24, 2.45) is 0 Å². The molecule has 0 bridgehead atoms. The topological polar surface area (TPSA) is 74.6 Å². The molecule has 17 heavy (non-hydrogen) atoms. The van der Waals surface area contributed by atoms with E-state index in [0.29, 0.717) is 0 Å². The van der Waals surface area contributed by atoms with E-state index in [9.17, 15) is 9.59 Å². The van der Waals surface area contributed by atoms with Crippen LogP contribution in [0.2, 0.25) is 0 Å². The lowest BCUT2D eigenvalue weighted by molar-refractivity contribution is 0.0651. The Labute approximate surface area is 102 Å². The molecule has 5 heteroatoms. The number of carbonyl (C=O) groups is 2. The molecule has 1 heterocycles. The SMILES string of the molecule is O=C(O)c1ccccc1C(=O)O.c1ccsc1. The third kappa shape index (κ3) is 4.08. The molecule has 0 atom stereocenters. The smallest absolute Gasteiger partial charge is 0.336 e. The highest BCUT2D eigenvalue weighted by Gasteiger charge is 2.13. The molecule has 0 aliphatic rings. The second-order valence-electron chi connectivity index (χ2n) is 2.95. The summed E-state index contributed by atoms with van der Waals surface area (Å²) >= 11 is 1.71. The van der Waals surface area contributed by atoms with Crippen molar-refractivity contribution >= 4 is 23.3 Å². The van der Waals surface area contributed by atoms with Gasteiger partial charge in [0.25, 0.3) is 0 Å². The van der Waals surface area contributed by atoms with E-state index in [1.54, 1.807) is 11.3 Å². The lowest BCUT2D eigenvalue weighted by atomic mass is 10.1. The van der Waals surface area contributed by atoms with Gasteiger partial charge in [-0.25, -0.2) is 9.59 Å². The van der Waals surface area contributed by atoms with E-state index in [0.717, 1.165) is 0 Å². The number of benzene rings is 1. The highest BCUT2D eigenvalue weighted by molar-refractivity contribution is 7.07. The number of hydrogen-bond donors (Lipinski definition) is 2. The summed E-state index contributed by atoms with van der Waals surface area (Å²) in [6.07, 6.45) is 0. The number of carboxylic acids is 2. The Kier molecular flexibility index (Phi) is 4.90. The second kappa shape index (κ2) is 6.44.